The monoisotopic (exact) mass is 454 g/mol. The molecule has 1 aliphatic heterocycles. The summed E-state index contributed by atoms with van der Waals surface area (Å²) in [6, 6.07) is 11.5. The molecule has 33 heavy (non-hydrogen) atoms. The molecule has 1 fully saturated rings. The predicted molar refractivity (Wildman–Crippen MR) is 122 cm³/mol. The van der Waals surface area contributed by atoms with Crippen LogP contribution in [-0.4, -0.2) is 64.6 Å². The van der Waals surface area contributed by atoms with Crippen LogP contribution in [0, 0.1) is 0 Å². The number of likely N-dealkylation sites (tertiary alicyclic amines) is 1. The van der Waals surface area contributed by atoms with Gasteiger partial charge in [-0.25, -0.2) is 4.79 Å². The van der Waals surface area contributed by atoms with Crippen LogP contribution in [0.1, 0.15) is 41.3 Å². The molecule has 0 spiro atoms. The van der Waals surface area contributed by atoms with Crippen LogP contribution in [0.3, 0.4) is 0 Å². The van der Waals surface area contributed by atoms with E-state index >= 15 is 0 Å². The van der Waals surface area contributed by atoms with Gasteiger partial charge in [0.05, 0.1) is 5.94 Å². The first kappa shape index (κ1) is 24.4. The summed E-state index contributed by atoms with van der Waals surface area (Å²) in [5.41, 5.74) is 1.56. The molecule has 0 radical (unpaired) electrons. The van der Waals surface area contributed by atoms with Crippen LogP contribution in [0.2, 0.25) is 0 Å². The van der Waals surface area contributed by atoms with Crippen molar-refractivity contribution in [3.05, 3.63) is 59.2 Å². The third-order valence-corrected chi connectivity index (χ3v) is 5.76. The number of aromatic carboxylic acids is 1. The zero-order valence-electron chi connectivity index (χ0n) is 18.4. The summed E-state index contributed by atoms with van der Waals surface area (Å²) in [6.45, 7) is 4.34. The van der Waals surface area contributed by atoms with E-state index in [9.17, 15) is 29.5 Å². The number of carbonyl (C=O) groups is 3. The largest absolute Gasteiger partial charge is 0.478 e. The summed E-state index contributed by atoms with van der Waals surface area (Å²) in [6.07, 6.45) is 2.22. The van der Waals surface area contributed by atoms with Crippen molar-refractivity contribution >= 4 is 31.2 Å². The maximum absolute atomic E-state index is 12.5. The van der Waals surface area contributed by atoms with Gasteiger partial charge in [-0.1, -0.05) is 24.3 Å². The highest BCUT2D eigenvalue weighted by atomic mass is 16.5. The molecule has 0 aliphatic carbocycles. The van der Waals surface area contributed by atoms with Gasteiger partial charge in [0.15, 0.2) is 0 Å². The summed E-state index contributed by atoms with van der Waals surface area (Å²) < 4.78 is 4.90. The number of hydrogen-bond donors (Lipinski definition) is 3. The number of carboxylic acid groups (broad SMARTS) is 1. The van der Waals surface area contributed by atoms with E-state index in [1.54, 1.807) is 12.1 Å². The normalized spacial score (nSPS) is 14.5. The molecule has 2 aromatic carbocycles. The molecule has 1 heterocycles. The summed E-state index contributed by atoms with van der Waals surface area (Å²) >= 11 is 0. The Morgan fingerprint density at radius 2 is 1.82 bits per heavy atom. The van der Waals surface area contributed by atoms with Crippen molar-refractivity contribution < 1.29 is 34.3 Å². The first-order valence-electron chi connectivity index (χ1n) is 10.7. The fourth-order valence-corrected chi connectivity index (χ4v) is 4.22. The van der Waals surface area contributed by atoms with Crippen LogP contribution in [0.5, 0.6) is 5.75 Å². The van der Waals surface area contributed by atoms with Crippen molar-refractivity contribution in [2.75, 3.05) is 18.0 Å². The average molecular weight is 454 g/mol. The molecule has 3 rings (SSSR count). The van der Waals surface area contributed by atoms with Crippen LogP contribution in [0.4, 0.5) is 5.69 Å². The standard InChI is InChI=1S/C23H27BN2O7/c1-16(28)26(19-9-7-17(8-10-19)14-25-11-2-3-12-25)21(24(31)32)13-18-5-4-6-20(23(29)30)22(18)33-15-27/h4-10,15,21,31-32H,2-3,11-14H2,1H3,(H,29,30). The zero-order valence-corrected chi connectivity index (χ0v) is 18.4. The number of benzene rings is 2. The Balaban J connectivity index is 1.90. The van der Waals surface area contributed by atoms with Gasteiger partial charge in [-0.05, 0) is 61.7 Å². The predicted octanol–water partition coefficient (Wildman–Crippen LogP) is 1.49. The average Bonchev–Trinajstić information content (AvgIpc) is 3.28. The van der Waals surface area contributed by atoms with Crippen molar-refractivity contribution in [2.24, 2.45) is 0 Å². The van der Waals surface area contributed by atoms with Crippen molar-refractivity contribution in [3.63, 3.8) is 0 Å². The van der Waals surface area contributed by atoms with E-state index in [2.05, 4.69) is 4.90 Å². The minimum atomic E-state index is -1.93. The molecule has 1 unspecified atom stereocenters. The number of nitrogens with zero attached hydrogens (tertiary/aromatic N) is 2. The van der Waals surface area contributed by atoms with Crippen LogP contribution >= 0.6 is 0 Å². The van der Waals surface area contributed by atoms with Gasteiger partial charge >= 0.3 is 13.1 Å². The maximum Gasteiger partial charge on any atom is 0.476 e. The Morgan fingerprint density at radius 3 is 2.36 bits per heavy atom. The summed E-state index contributed by atoms with van der Waals surface area (Å²) in [5, 5.41) is 29.7. The number of ether oxygens (including phenoxy) is 1. The van der Waals surface area contributed by atoms with E-state index in [1.165, 1.54) is 42.9 Å². The molecular formula is C23H27BN2O7. The smallest absolute Gasteiger partial charge is 0.476 e. The lowest BCUT2D eigenvalue weighted by Crippen LogP contribution is -2.50. The number of rotatable bonds is 10. The molecule has 1 saturated heterocycles. The number of carboxylic acids is 1. The third kappa shape index (κ3) is 5.98. The van der Waals surface area contributed by atoms with Gasteiger partial charge in [0, 0.05) is 19.2 Å². The van der Waals surface area contributed by atoms with Gasteiger partial charge in [-0.3, -0.25) is 14.5 Å². The SMILES string of the molecule is CC(=O)N(c1ccc(CN2CCCC2)cc1)C(Cc1cccc(C(=O)O)c1OC=O)B(O)O. The van der Waals surface area contributed by atoms with Crippen molar-refractivity contribution in [1.82, 2.24) is 4.90 Å². The molecule has 10 heteroatoms. The van der Waals surface area contributed by atoms with Gasteiger partial charge in [-0.2, -0.15) is 0 Å². The van der Waals surface area contributed by atoms with Crippen LogP contribution in [0.25, 0.3) is 0 Å². The molecule has 0 bridgehead atoms. The van der Waals surface area contributed by atoms with Crippen molar-refractivity contribution in [3.8, 4) is 5.75 Å². The highest BCUT2D eigenvalue weighted by Gasteiger charge is 2.34. The Hall–Kier alpha value is -3.21. The van der Waals surface area contributed by atoms with Crippen molar-refractivity contribution in [2.45, 2.75) is 38.7 Å². The fourth-order valence-electron chi connectivity index (χ4n) is 4.22. The first-order valence-corrected chi connectivity index (χ1v) is 10.7. The van der Waals surface area contributed by atoms with Gasteiger partial charge in [0.2, 0.25) is 5.91 Å². The van der Waals surface area contributed by atoms with Crippen molar-refractivity contribution in [1.29, 1.82) is 0 Å². The number of para-hydroxylation sites is 1. The van der Waals surface area contributed by atoms with E-state index < -0.39 is 24.9 Å². The van der Waals surface area contributed by atoms with E-state index in [1.807, 2.05) is 12.1 Å². The molecule has 3 N–H and O–H groups in total. The van der Waals surface area contributed by atoms with Gasteiger partial charge in [-0.15, -0.1) is 0 Å². The molecule has 1 atom stereocenters. The van der Waals surface area contributed by atoms with Crippen LogP contribution in [0.15, 0.2) is 42.5 Å². The van der Waals surface area contributed by atoms with E-state index in [4.69, 9.17) is 4.74 Å². The third-order valence-electron chi connectivity index (χ3n) is 5.76. The second-order valence-electron chi connectivity index (χ2n) is 8.04. The maximum atomic E-state index is 12.5. The highest BCUT2D eigenvalue weighted by molar-refractivity contribution is 6.45. The Morgan fingerprint density at radius 1 is 1.15 bits per heavy atom. The minimum absolute atomic E-state index is 0.109. The van der Waals surface area contributed by atoms with E-state index in [-0.39, 0.29) is 29.8 Å². The lowest BCUT2D eigenvalue weighted by molar-refractivity contribution is -0.121. The van der Waals surface area contributed by atoms with E-state index in [0.717, 1.165) is 25.2 Å². The number of carbonyl (C=O) groups excluding carboxylic acids is 2. The Labute approximate surface area is 192 Å². The van der Waals surface area contributed by atoms with Gasteiger partial charge in [0.1, 0.15) is 11.3 Å². The Bertz CT molecular complexity index is 991. The zero-order chi connectivity index (χ0) is 24.0. The highest BCUT2D eigenvalue weighted by Crippen LogP contribution is 2.28. The molecular weight excluding hydrogens is 427 g/mol. The number of amides is 1. The van der Waals surface area contributed by atoms with E-state index in [0.29, 0.717) is 5.69 Å². The molecule has 0 aromatic heterocycles. The summed E-state index contributed by atoms with van der Waals surface area (Å²) in [5.74, 6) is -3.07. The number of hydrogen-bond acceptors (Lipinski definition) is 7. The second-order valence-corrected chi connectivity index (χ2v) is 8.04. The lowest BCUT2D eigenvalue weighted by Gasteiger charge is -2.31. The lowest BCUT2D eigenvalue weighted by atomic mass is 9.74. The minimum Gasteiger partial charge on any atom is -0.478 e. The second kappa shape index (κ2) is 11.1. The van der Waals surface area contributed by atoms with Crippen LogP contribution < -0.4 is 9.64 Å². The quantitative estimate of drug-likeness (QED) is 0.364. The molecule has 0 saturated carbocycles. The molecule has 174 valence electrons. The number of anilines is 1. The molecule has 2 aromatic rings. The summed E-state index contributed by atoms with van der Waals surface area (Å²) in [7, 11) is -1.93. The van der Waals surface area contributed by atoms with Crippen LogP contribution in [-0.2, 0) is 22.6 Å². The fraction of sp³-hybridized carbons (Fsp3) is 0.348. The molecule has 1 amide bonds. The topological polar surface area (TPSA) is 128 Å². The molecule has 1 aliphatic rings. The first-order chi connectivity index (χ1) is 15.8. The van der Waals surface area contributed by atoms with Gasteiger partial charge < -0.3 is 24.8 Å². The van der Waals surface area contributed by atoms with Gasteiger partial charge in [0.25, 0.3) is 6.47 Å². The summed E-state index contributed by atoms with van der Waals surface area (Å²) in [4.78, 5) is 38.6. The Kier molecular flexibility index (Phi) is 8.21. The molecule has 9 nitrogen and oxygen atoms in total.